The first-order valence-electron chi connectivity index (χ1n) is 7.97. The molecule has 6 heteroatoms. The van der Waals surface area contributed by atoms with Gasteiger partial charge in [-0.2, -0.15) is 0 Å². The van der Waals surface area contributed by atoms with E-state index in [0.29, 0.717) is 12.5 Å². The number of carbonyl (C=O) groups is 1. The van der Waals surface area contributed by atoms with Gasteiger partial charge in [0.05, 0.1) is 13.2 Å². The predicted molar refractivity (Wildman–Crippen MR) is 88.4 cm³/mol. The molecule has 1 aromatic heterocycles. The van der Waals surface area contributed by atoms with E-state index in [9.17, 15) is 4.79 Å². The Morgan fingerprint density at radius 1 is 1.61 bits per heavy atom. The summed E-state index contributed by atoms with van der Waals surface area (Å²) in [5, 5.41) is 5.98. The molecular formula is C17H25N3O3. The maximum absolute atomic E-state index is 12.2. The number of rotatable bonds is 7. The van der Waals surface area contributed by atoms with Crippen molar-refractivity contribution in [3.8, 4) is 5.88 Å². The Morgan fingerprint density at radius 2 is 2.43 bits per heavy atom. The molecule has 3 atom stereocenters. The second-order valence-corrected chi connectivity index (χ2v) is 5.57. The van der Waals surface area contributed by atoms with Crippen LogP contribution in [0.25, 0.3) is 0 Å². The number of ether oxygens (including phenoxy) is 2. The topological polar surface area (TPSA) is 72.5 Å². The molecule has 1 aliphatic rings. The third-order valence-corrected chi connectivity index (χ3v) is 3.98. The smallest absolute Gasteiger partial charge is 0.315 e. The average molecular weight is 319 g/mol. The lowest BCUT2D eigenvalue weighted by Crippen LogP contribution is -2.46. The highest BCUT2D eigenvalue weighted by Crippen LogP contribution is 2.29. The number of aromatic nitrogens is 1. The Hall–Kier alpha value is -2.08. The normalized spacial score (nSPS) is 21.5. The van der Waals surface area contributed by atoms with Gasteiger partial charge in [0.2, 0.25) is 5.88 Å². The number of carbonyl (C=O) groups excluding carboxylic acids is 1. The Morgan fingerprint density at radius 3 is 3.04 bits per heavy atom. The first-order valence-corrected chi connectivity index (χ1v) is 7.97. The van der Waals surface area contributed by atoms with Crippen molar-refractivity contribution < 1.29 is 14.3 Å². The lowest BCUT2D eigenvalue weighted by molar-refractivity contribution is 0.0994. The highest BCUT2D eigenvalue weighted by Gasteiger charge is 2.31. The van der Waals surface area contributed by atoms with Crippen LogP contribution < -0.4 is 15.4 Å². The molecule has 0 aliphatic carbocycles. The van der Waals surface area contributed by atoms with E-state index in [1.807, 2.05) is 19.1 Å². The number of methoxy groups -OCH3 is 1. The zero-order valence-electron chi connectivity index (χ0n) is 13.7. The van der Waals surface area contributed by atoms with Crippen LogP contribution in [0.3, 0.4) is 0 Å². The number of nitrogens with zero attached hydrogens (tertiary/aromatic N) is 1. The standard InChI is InChI=1S/C17H25N3O3/c1-4-6-13(5-2)19-17(21)20-14-9-10-23-16(14)12-7-8-15(22-3)18-11-12/h4,7-8,11,13-14,16H,1,5-6,9-10H2,2-3H3,(H2,19,20,21)/t13-,14+,16-/m1/s1. The SMILES string of the molecule is C=CC[C@@H](CC)NC(=O)N[C@H]1CCO[C@@H]1c1ccc(OC)nc1. The van der Waals surface area contributed by atoms with E-state index in [-0.39, 0.29) is 24.2 Å². The van der Waals surface area contributed by atoms with E-state index in [4.69, 9.17) is 9.47 Å². The zero-order valence-corrected chi connectivity index (χ0v) is 13.7. The van der Waals surface area contributed by atoms with Crippen LogP contribution in [-0.2, 0) is 4.74 Å². The molecule has 1 fully saturated rings. The van der Waals surface area contributed by atoms with Gasteiger partial charge >= 0.3 is 6.03 Å². The van der Waals surface area contributed by atoms with E-state index >= 15 is 0 Å². The first kappa shape index (κ1) is 17.3. The van der Waals surface area contributed by atoms with Gasteiger partial charge in [-0.1, -0.05) is 13.0 Å². The molecule has 2 heterocycles. The molecule has 1 aliphatic heterocycles. The second-order valence-electron chi connectivity index (χ2n) is 5.57. The van der Waals surface area contributed by atoms with E-state index in [2.05, 4.69) is 22.2 Å². The largest absolute Gasteiger partial charge is 0.481 e. The molecule has 0 aromatic carbocycles. The average Bonchev–Trinajstić information content (AvgIpc) is 3.02. The van der Waals surface area contributed by atoms with Crippen molar-refractivity contribution in [2.75, 3.05) is 13.7 Å². The van der Waals surface area contributed by atoms with Crippen LogP contribution in [0, 0.1) is 0 Å². The van der Waals surface area contributed by atoms with Crippen molar-refractivity contribution in [3.05, 3.63) is 36.5 Å². The summed E-state index contributed by atoms with van der Waals surface area (Å²) in [5.74, 6) is 0.559. The third-order valence-electron chi connectivity index (χ3n) is 3.98. The molecule has 2 amide bonds. The lowest BCUT2D eigenvalue weighted by Gasteiger charge is -2.22. The molecule has 1 aromatic rings. The highest BCUT2D eigenvalue weighted by molar-refractivity contribution is 5.74. The summed E-state index contributed by atoms with van der Waals surface area (Å²) in [6.07, 6.45) is 5.78. The summed E-state index contributed by atoms with van der Waals surface area (Å²) in [6.45, 7) is 6.37. The van der Waals surface area contributed by atoms with Gasteiger partial charge in [-0.25, -0.2) is 9.78 Å². The maximum Gasteiger partial charge on any atom is 0.315 e. The number of hydrogen-bond acceptors (Lipinski definition) is 4. The lowest BCUT2D eigenvalue weighted by atomic mass is 10.0. The molecule has 0 spiro atoms. The van der Waals surface area contributed by atoms with Crippen LogP contribution in [-0.4, -0.2) is 36.8 Å². The Labute approximate surface area is 137 Å². The van der Waals surface area contributed by atoms with Crippen LogP contribution in [0.2, 0.25) is 0 Å². The van der Waals surface area contributed by atoms with E-state index < -0.39 is 0 Å². The molecule has 0 bridgehead atoms. The first-order chi connectivity index (χ1) is 11.2. The van der Waals surface area contributed by atoms with Crippen molar-refractivity contribution >= 4 is 6.03 Å². The van der Waals surface area contributed by atoms with Crippen LogP contribution >= 0.6 is 0 Å². The van der Waals surface area contributed by atoms with Crippen molar-refractivity contribution in [1.29, 1.82) is 0 Å². The van der Waals surface area contributed by atoms with Gasteiger partial charge in [0.15, 0.2) is 0 Å². The van der Waals surface area contributed by atoms with E-state index in [0.717, 1.165) is 24.8 Å². The molecule has 0 radical (unpaired) electrons. The quantitative estimate of drug-likeness (QED) is 0.758. The fourth-order valence-corrected chi connectivity index (χ4v) is 2.67. The summed E-state index contributed by atoms with van der Waals surface area (Å²) in [4.78, 5) is 16.4. The number of urea groups is 1. The minimum absolute atomic E-state index is 0.0635. The molecule has 2 N–H and O–H groups in total. The van der Waals surface area contributed by atoms with Gasteiger partial charge in [0, 0.05) is 30.5 Å². The van der Waals surface area contributed by atoms with Gasteiger partial charge in [0.25, 0.3) is 0 Å². The van der Waals surface area contributed by atoms with Crippen LogP contribution in [0.5, 0.6) is 5.88 Å². The summed E-state index contributed by atoms with van der Waals surface area (Å²) in [6, 6.07) is 3.59. The number of nitrogens with one attached hydrogen (secondary N) is 2. The Bertz CT molecular complexity index is 518. The van der Waals surface area contributed by atoms with Crippen molar-refractivity contribution in [3.63, 3.8) is 0 Å². The van der Waals surface area contributed by atoms with Crippen LogP contribution in [0.4, 0.5) is 4.79 Å². The fraction of sp³-hybridized carbons (Fsp3) is 0.529. The van der Waals surface area contributed by atoms with Gasteiger partial charge in [-0.15, -0.1) is 6.58 Å². The minimum atomic E-state index is -0.182. The van der Waals surface area contributed by atoms with E-state index in [1.54, 1.807) is 19.4 Å². The zero-order chi connectivity index (χ0) is 16.7. The number of hydrogen-bond donors (Lipinski definition) is 2. The maximum atomic E-state index is 12.2. The van der Waals surface area contributed by atoms with Gasteiger partial charge in [0.1, 0.15) is 6.10 Å². The molecule has 6 nitrogen and oxygen atoms in total. The number of amides is 2. The van der Waals surface area contributed by atoms with Crippen LogP contribution in [0.1, 0.15) is 37.9 Å². The second kappa shape index (κ2) is 8.53. The van der Waals surface area contributed by atoms with Crippen molar-refractivity contribution in [1.82, 2.24) is 15.6 Å². The minimum Gasteiger partial charge on any atom is -0.481 e. The molecule has 1 saturated heterocycles. The highest BCUT2D eigenvalue weighted by atomic mass is 16.5. The summed E-state index contributed by atoms with van der Waals surface area (Å²) < 4.78 is 10.8. The van der Waals surface area contributed by atoms with Crippen molar-refractivity contribution in [2.24, 2.45) is 0 Å². The van der Waals surface area contributed by atoms with Crippen LogP contribution in [0.15, 0.2) is 31.0 Å². The fourth-order valence-electron chi connectivity index (χ4n) is 2.67. The summed E-state index contributed by atoms with van der Waals surface area (Å²) >= 11 is 0. The van der Waals surface area contributed by atoms with Gasteiger partial charge in [-0.05, 0) is 25.3 Å². The molecule has 2 rings (SSSR count). The molecule has 23 heavy (non-hydrogen) atoms. The molecule has 126 valence electrons. The van der Waals surface area contributed by atoms with E-state index in [1.165, 1.54) is 0 Å². The molecule has 0 unspecified atom stereocenters. The third kappa shape index (κ3) is 4.69. The monoisotopic (exact) mass is 319 g/mol. The number of pyridine rings is 1. The summed E-state index contributed by atoms with van der Waals surface area (Å²) in [7, 11) is 1.58. The molecule has 0 saturated carbocycles. The predicted octanol–water partition coefficient (Wildman–Crippen LogP) is 2.57. The van der Waals surface area contributed by atoms with Crippen molar-refractivity contribution in [2.45, 2.75) is 44.4 Å². The Kier molecular flexibility index (Phi) is 6.40. The van der Waals surface area contributed by atoms with Gasteiger partial charge in [-0.3, -0.25) is 0 Å². The van der Waals surface area contributed by atoms with Gasteiger partial charge < -0.3 is 20.1 Å². The molecular weight excluding hydrogens is 294 g/mol. The Balaban J connectivity index is 1.95. The summed E-state index contributed by atoms with van der Waals surface area (Å²) in [5.41, 5.74) is 0.937.